The first-order chi connectivity index (χ1) is 9.19. The summed E-state index contributed by atoms with van der Waals surface area (Å²) < 4.78 is 12.8. The number of hydrazine groups is 1. The van der Waals surface area contributed by atoms with Crippen molar-refractivity contribution < 1.29 is 9.18 Å². The lowest BCUT2D eigenvalue weighted by molar-refractivity contribution is 0.0953. The van der Waals surface area contributed by atoms with E-state index in [0.29, 0.717) is 11.3 Å². The molecule has 0 aliphatic carbocycles. The molecular formula is C14H13FN2OS. The Labute approximate surface area is 115 Å². The van der Waals surface area contributed by atoms with Gasteiger partial charge in [-0.3, -0.25) is 10.2 Å². The van der Waals surface area contributed by atoms with E-state index < -0.39 is 0 Å². The molecular weight excluding hydrogens is 263 g/mol. The summed E-state index contributed by atoms with van der Waals surface area (Å²) in [6.45, 7) is 0. The normalized spacial score (nSPS) is 10.2. The SMILES string of the molecule is NNC(=O)c1cccc(CSc2ccc(F)cc2)c1. The minimum absolute atomic E-state index is 0.244. The van der Waals surface area contributed by atoms with Crippen LogP contribution < -0.4 is 11.3 Å². The van der Waals surface area contributed by atoms with E-state index in [1.807, 2.05) is 12.1 Å². The highest BCUT2D eigenvalue weighted by atomic mass is 32.2. The van der Waals surface area contributed by atoms with Crippen LogP contribution in [0, 0.1) is 5.82 Å². The fourth-order valence-corrected chi connectivity index (χ4v) is 2.42. The first-order valence-corrected chi connectivity index (χ1v) is 6.66. The largest absolute Gasteiger partial charge is 0.290 e. The summed E-state index contributed by atoms with van der Waals surface area (Å²) in [4.78, 5) is 12.4. The van der Waals surface area contributed by atoms with Crippen LogP contribution in [0.3, 0.4) is 0 Å². The third-order valence-electron chi connectivity index (χ3n) is 2.54. The lowest BCUT2D eigenvalue weighted by Gasteiger charge is -2.04. The van der Waals surface area contributed by atoms with Gasteiger partial charge in [-0.1, -0.05) is 12.1 Å². The molecule has 0 radical (unpaired) electrons. The molecule has 0 bridgehead atoms. The molecule has 3 N–H and O–H groups in total. The second-order valence-corrected chi connectivity index (χ2v) is 4.97. The van der Waals surface area contributed by atoms with Crippen LogP contribution in [0.25, 0.3) is 0 Å². The fraction of sp³-hybridized carbons (Fsp3) is 0.0714. The summed E-state index contributed by atoms with van der Waals surface area (Å²) >= 11 is 1.58. The molecule has 3 nitrogen and oxygen atoms in total. The molecule has 0 spiro atoms. The topological polar surface area (TPSA) is 55.1 Å². The quantitative estimate of drug-likeness (QED) is 0.391. The highest BCUT2D eigenvalue weighted by molar-refractivity contribution is 7.98. The molecule has 5 heteroatoms. The fourth-order valence-electron chi connectivity index (χ4n) is 1.58. The average molecular weight is 276 g/mol. The van der Waals surface area contributed by atoms with Crippen molar-refractivity contribution in [3.63, 3.8) is 0 Å². The number of carbonyl (C=O) groups excluding carboxylic acids is 1. The van der Waals surface area contributed by atoms with Crippen molar-refractivity contribution in [3.05, 3.63) is 65.5 Å². The average Bonchev–Trinajstić information content (AvgIpc) is 2.46. The van der Waals surface area contributed by atoms with Crippen molar-refractivity contribution in [2.45, 2.75) is 10.6 Å². The Morgan fingerprint density at radius 1 is 1.21 bits per heavy atom. The summed E-state index contributed by atoms with van der Waals surface area (Å²) in [5, 5.41) is 0. The Balaban J connectivity index is 2.03. The molecule has 0 atom stereocenters. The second kappa shape index (κ2) is 6.36. The zero-order chi connectivity index (χ0) is 13.7. The van der Waals surface area contributed by atoms with Crippen LogP contribution in [0.1, 0.15) is 15.9 Å². The van der Waals surface area contributed by atoms with Crippen LogP contribution in [0.2, 0.25) is 0 Å². The lowest BCUT2D eigenvalue weighted by Crippen LogP contribution is -2.29. The smallest absolute Gasteiger partial charge is 0.265 e. The van der Waals surface area contributed by atoms with Crippen molar-refractivity contribution in [1.82, 2.24) is 5.43 Å². The maximum atomic E-state index is 12.8. The van der Waals surface area contributed by atoms with Crippen molar-refractivity contribution in [3.8, 4) is 0 Å². The maximum Gasteiger partial charge on any atom is 0.265 e. The molecule has 2 aromatic rings. The van der Waals surface area contributed by atoms with Gasteiger partial charge in [-0.25, -0.2) is 10.2 Å². The maximum absolute atomic E-state index is 12.8. The Morgan fingerprint density at radius 3 is 2.63 bits per heavy atom. The number of carbonyl (C=O) groups is 1. The van der Waals surface area contributed by atoms with Gasteiger partial charge in [0.1, 0.15) is 5.82 Å². The minimum atomic E-state index is -0.311. The molecule has 0 saturated heterocycles. The van der Waals surface area contributed by atoms with E-state index >= 15 is 0 Å². The molecule has 0 aliphatic heterocycles. The number of nitrogens with one attached hydrogen (secondary N) is 1. The Kier molecular flexibility index (Phi) is 4.54. The predicted octanol–water partition coefficient (Wildman–Crippen LogP) is 2.72. The molecule has 0 unspecified atom stereocenters. The van der Waals surface area contributed by atoms with Crippen LogP contribution in [0.5, 0.6) is 0 Å². The van der Waals surface area contributed by atoms with Crippen LogP contribution in [-0.4, -0.2) is 5.91 Å². The molecule has 98 valence electrons. The number of hydrogen-bond acceptors (Lipinski definition) is 3. The number of nitrogen functional groups attached to an aromatic ring is 1. The molecule has 0 fully saturated rings. The zero-order valence-electron chi connectivity index (χ0n) is 10.1. The number of rotatable bonds is 4. The van der Waals surface area contributed by atoms with Crippen LogP contribution in [-0.2, 0) is 5.75 Å². The van der Waals surface area contributed by atoms with Gasteiger partial charge in [0, 0.05) is 16.2 Å². The lowest BCUT2D eigenvalue weighted by atomic mass is 10.1. The van der Waals surface area contributed by atoms with Gasteiger partial charge < -0.3 is 0 Å². The molecule has 1 amide bonds. The highest BCUT2D eigenvalue weighted by Gasteiger charge is 2.04. The molecule has 0 heterocycles. The van der Waals surface area contributed by atoms with Crippen LogP contribution in [0.4, 0.5) is 4.39 Å². The third kappa shape index (κ3) is 3.81. The molecule has 0 aliphatic rings. The number of thioether (sulfide) groups is 1. The zero-order valence-corrected chi connectivity index (χ0v) is 10.9. The van der Waals surface area contributed by atoms with Crippen molar-refractivity contribution in [2.24, 2.45) is 5.84 Å². The highest BCUT2D eigenvalue weighted by Crippen LogP contribution is 2.23. The summed E-state index contributed by atoms with van der Waals surface area (Å²) in [6, 6.07) is 13.6. The van der Waals surface area contributed by atoms with Gasteiger partial charge in [-0.15, -0.1) is 11.8 Å². The molecule has 0 saturated carbocycles. The summed E-state index contributed by atoms with van der Waals surface area (Å²) in [5.74, 6) is 5.24. The van der Waals surface area contributed by atoms with Crippen molar-refractivity contribution >= 4 is 17.7 Å². The number of benzene rings is 2. The number of halogens is 1. The van der Waals surface area contributed by atoms with Crippen LogP contribution in [0.15, 0.2) is 53.4 Å². The first kappa shape index (κ1) is 13.6. The van der Waals surface area contributed by atoms with E-state index in [1.165, 1.54) is 12.1 Å². The summed E-state index contributed by atoms with van der Waals surface area (Å²) in [6.07, 6.45) is 0. The van der Waals surface area contributed by atoms with Crippen molar-refractivity contribution in [1.29, 1.82) is 0 Å². The van der Waals surface area contributed by atoms with Crippen LogP contribution >= 0.6 is 11.8 Å². The van der Waals surface area contributed by atoms with E-state index in [4.69, 9.17) is 5.84 Å². The van der Waals surface area contributed by atoms with Gasteiger partial charge >= 0.3 is 0 Å². The van der Waals surface area contributed by atoms with Gasteiger partial charge in [0.2, 0.25) is 0 Å². The Morgan fingerprint density at radius 2 is 1.95 bits per heavy atom. The van der Waals surface area contributed by atoms with E-state index in [0.717, 1.165) is 10.5 Å². The minimum Gasteiger partial charge on any atom is -0.290 e. The van der Waals surface area contributed by atoms with E-state index in [2.05, 4.69) is 5.43 Å². The Bertz CT molecular complexity index is 572. The van der Waals surface area contributed by atoms with Gasteiger partial charge in [0.05, 0.1) is 0 Å². The van der Waals surface area contributed by atoms with Crippen molar-refractivity contribution in [2.75, 3.05) is 0 Å². The molecule has 19 heavy (non-hydrogen) atoms. The number of nitrogens with two attached hydrogens (primary N) is 1. The van der Waals surface area contributed by atoms with E-state index in [9.17, 15) is 9.18 Å². The molecule has 2 rings (SSSR count). The monoisotopic (exact) mass is 276 g/mol. The summed E-state index contributed by atoms with van der Waals surface area (Å²) in [7, 11) is 0. The van der Waals surface area contributed by atoms with Gasteiger partial charge in [-0.05, 0) is 42.0 Å². The standard InChI is InChI=1S/C14H13FN2OS/c15-12-4-6-13(7-5-12)19-9-10-2-1-3-11(8-10)14(18)17-16/h1-8H,9,16H2,(H,17,18). The molecule has 0 aromatic heterocycles. The Hall–Kier alpha value is -1.85. The first-order valence-electron chi connectivity index (χ1n) is 5.67. The predicted molar refractivity (Wildman–Crippen MR) is 74.1 cm³/mol. The number of amides is 1. The van der Waals surface area contributed by atoms with Gasteiger partial charge in [0.15, 0.2) is 0 Å². The third-order valence-corrected chi connectivity index (χ3v) is 3.62. The van der Waals surface area contributed by atoms with Gasteiger partial charge in [-0.2, -0.15) is 0 Å². The number of hydrogen-bond donors (Lipinski definition) is 2. The van der Waals surface area contributed by atoms with E-state index in [-0.39, 0.29) is 11.7 Å². The van der Waals surface area contributed by atoms with E-state index in [1.54, 1.807) is 36.0 Å². The van der Waals surface area contributed by atoms with Gasteiger partial charge in [0.25, 0.3) is 5.91 Å². The second-order valence-electron chi connectivity index (χ2n) is 3.92. The molecule has 2 aromatic carbocycles. The summed E-state index contributed by atoms with van der Waals surface area (Å²) in [5.41, 5.74) is 3.64.